The van der Waals surface area contributed by atoms with Crippen molar-refractivity contribution in [2.24, 2.45) is 11.8 Å². The molecule has 1 aliphatic rings. The Kier molecular flexibility index (Phi) is 11.7. The number of unbranched alkanes of at least 4 members (excludes halogenated alkanes) is 4. The third kappa shape index (κ3) is 8.59. The van der Waals surface area contributed by atoms with Crippen LogP contribution in [0.3, 0.4) is 0 Å². The summed E-state index contributed by atoms with van der Waals surface area (Å²) >= 11 is 0. The second-order valence-electron chi connectivity index (χ2n) is 8.44. The summed E-state index contributed by atoms with van der Waals surface area (Å²) in [5.41, 5.74) is -1.09. The summed E-state index contributed by atoms with van der Waals surface area (Å²) in [4.78, 5) is 12.3. The number of aliphatic hydroxyl groups is 5. The van der Waals surface area contributed by atoms with Crippen LogP contribution >= 0.6 is 0 Å². The lowest BCUT2D eigenvalue weighted by atomic mass is 9.86. The minimum atomic E-state index is -1.09. The van der Waals surface area contributed by atoms with Gasteiger partial charge in [-0.25, -0.2) is 0 Å². The van der Waals surface area contributed by atoms with E-state index in [1.165, 1.54) is 12.2 Å². The van der Waals surface area contributed by atoms with Gasteiger partial charge < -0.3 is 25.5 Å². The molecular formula is C23H40O6. The third-order valence-electron chi connectivity index (χ3n) is 6.03. The van der Waals surface area contributed by atoms with Crippen molar-refractivity contribution < 1.29 is 30.3 Å². The van der Waals surface area contributed by atoms with E-state index in [-0.39, 0.29) is 31.0 Å². The Morgan fingerprint density at radius 1 is 1.28 bits per heavy atom. The molecule has 5 atom stereocenters. The van der Waals surface area contributed by atoms with E-state index in [1.54, 1.807) is 0 Å². The molecule has 1 aliphatic carbocycles. The van der Waals surface area contributed by atoms with Gasteiger partial charge in [0.2, 0.25) is 0 Å². The molecule has 0 saturated heterocycles. The van der Waals surface area contributed by atoms with Crippen LogP contribution in [0.2, 0.25) is 0 Å². The van der Waals surface area contributed by atoms with Crippen molar-refractivity contribution in [1.82, 2.24) is 0 Å². The van der Waals surface area contributed by atoms with Crippen molar-refractivity contribution in [2.75, 3.05) is 6.61 Å². The molecule has 29 heavy (non-hydrogen) atoms. The van der Waals surface area contributed by atoms with E-state index in [0.29, 0.717) is 19.3 Å². The summed E-state index contributed by atoms with van der Waals surface area (Å²) in [6, 6.07) is 0. The molecular weight excluding hydrogens is 372 g/mol. The lowest BCUT2D eigenvalue weighted by molar-refractivity contribution is -0.121. The predicted octanol–water partition coefficient (Wildman–Crippen LogP) is 3.19. The summed E-state index contributed by atoms with van der Waals surface area (Å²) in [6.07, 6.45) is 8.65. The minimum absolute atomic E-state index is 0.0174. The fraction of sp³-hybridized carbons (Fsp3) is 0.783. The Morgan fingerprint density at radius 3 is 2.59 bits per heavy atom. The molecule has 0 amide bonds. The van der Waals surface area contributed by atoms with Gasteiger partial charge in [-0.3, -0.25) is 4.79 Å². The molecule has 2 unspecified atom stereocenters. The molecule has 1 saturated carbocycles. The number of carbonyl (C=O) groups is 1. The monoisotopic (exact) mass is 412 g/mol. The van der Waals surface area contributed by atoms with E-state index >= 15 is 0 Å². The van der Waals surface area contributed by atoms with Crippen LogP contribution in [-0.4, -0.2) is 55.7 Å². The van der Waals surface area contributed by atoms with E-state index in [1.807, 2.05) is 6.92 Å². The molecule has 1 rings (SSSR count). The average Bonchev–Trinajstić information content (AvgIpc) is 2.99. The zero-order chi connectivity index (χ0) is 21.9. The van der Waals surface area contributed by atoms with Crippen LogP contribution < -0.4 is 0 Å². The van der Waals surface area contributed by atoms with Crippen molar-refractivity contribution in [3.8, 4) is 0 Å². The van der Waals surface area contributed by atoms with Gasteiger partial charge in [-0.15, -0.1) is 6.58 Å². The Morgan fingerprint density at radius 2 is 1.97 bits per heavy atom. The smallest absolute Gasteiger partial charge is 0.139 e. The van der Waals surface area contributed by atoms with Gasteiger partial charge in [0.1, 0.15) is 5.78 Å². The molecule has 0 aromatic carbocycles. The van der Waals surface area contributed by atoms with Crippen LogP contribution in [0.5, 0.6) is 0 Å². The van der Waals surface area contributed by atoms with E-state index in [2.05, 4.69) is 6.58 Å². The molecule has 0 bridgehead atoms. The van der Waals surface area contributed by atoms with Crippen LogP contribution in [0, 0.1) is 11.8 Å². The highest BCUT2D eigenvalue weighted by atomic mass is 16.3. The summed E-state index contributed by atoms with van der Waals surface area (Å²) in [7, 11) is 0. The second-order valence-corrected chi connectivity index (χ2v) is 8.44. The molecule has 0 spiro atoms. The van der Waals surface area contributed by atoms with Gasteiger partial charge >= 0.3 is 0 Å². The summed E-state index contributed by atoms with van der Waals surface area (Å²) < 4.78 is 0. The number of hydrogen-bond donors (Lipinski definition) is 5. The quantitative estimate of drug-likeness (QED) is 0.160. The molecule has 0 heterocycles. The molecule has 0 radical (unpaired) electrons. The maximum atomic E-state index is 12.3. The number of carbonyl (C=O) groups excluding carboxylic acids is 1. The van der Waals surface area contributed by atoms with Gasteiger partial charge in [-0.2, -0.15) is 0 Å². The highest BCUT2D eigenvalue weighted by Crippen LogP contribution is 2.37. The average molecular weight is 413 g/mol. The van der Waals surface area contributed by atoms with Gasteiger partial charge in [-0.1, -0.05) is 51.5 Å². The number of ketones is 1. The summed E-state index contributed by atoms with van der Waals surface area (Å²) in [6.45, 7) is 5.51. The molecule has 6 heteroatoms. The molecule has 5 N–H and O–H groups in total. The van der Waals surface area contributed by atoms with Gasteiger partial charge in [0.15, 0.2) is 0 Å². The van der Waals surface area contributed by atoms with Crippen LogP contribution in [0.4, 0.5) is 0 Å². The second kappa shape index (κ2) is 13.2. The summed E-state index contributed by atoms with van der Waals surface area (Å²) in [5, 5.41) is 49.6. The first-order chi connectivity index (χ1) is 13.8. The van der Waals surface area contributed by atoms with Crippen molar-refractivity contribution >= 4 is 5.78 Å². The molecule has 0 aliphatic heterocycles. The summed E-state index contributed by atoms with van der Waals surface area (Å²) in [5.74, 6) is -1.06. The van der Waals surface area contributed by atoms with Gasteiger partial charge in [0.25, 0.3) is 0 Å². The number of Topliss-reactive ketones (excluding diaryl/α,β-unsaturated/α-hetero) is 1. The van der Waals surface area contributed by atoms with Gasteiger partial charge in [0.05, 0.1) is 36.1 Å². The normalized spacial score (nSPS) is 25.8. The topological polar surface area (TPSA) is 118 Å². The van der Waals surface area contributed by atoms with Crippen molar-refractivity contribution in [3.05, 3.63) is 24.5 Å². The standard InChI is InChI=1S/C23H40O6/c1-3-5-13-23(29,4-2)14-12-19(26)22-18(20(27)15-21(22)28)11-9-7-6-8-10-17(25)16-24/h4,12,17-18,21-22,24-26,28-29H,2-3,5-11,13-16H2,1H3/t17?,18-,21+,22-,23?/m0/s1. The van der Waals surface area contributed by atoms with E-state index < -0.39 is 29.6 Å². The molecule has 0 aromatic rings. The highest BCUT2D eigenvalue weighted by molar-refractivity contribution is 5.84. The van der Waals surface area contributed by atoms with E-state index in [9.17, 15) is 25.2 Å². The van der Waals surface area contributed by atoms with Crippen molar-refractivity contribution in [1.29, 1.82) is 0 Å². The predicted molar refractivity (Wildman–Crippen MR) is 113 cm³/mol. The largest absolute Gasteiger partial charge is 0.512 e. The fourth-order valence-corrected chi connectivity index (χ4v) is 4.07. The van der Waals surface area contributed by atoms with Crippen molar-refractivity contribution in [2.45, 2.75) is 95.4 Å². The van der Waals surface area contributed by atoms with E-state index in [0.717, 1.165) is 38.5 Å². The van der Waals surface area contributed by atoms with Gasteiger partial charge in [0, 0.05) is 18.8 Å². The fourth-order valence-electron chi connectivity index (χ4n) is 4.07. The zero-order valence-corrected chi connectivity index (χ0v) is 17.8. The van der Waals surface area contributed by atoms with Crippen LogP contribution in [0.1, 0.15) is 77.6 Å². The Hall–Kier alpha value is -1.21. The first-order valence-electron chi connectivity index (χ1n) is 11.0. The highest BCUT2D eigenvalue weighted by Gasteiger charge is 2.43. The zero-order valence-electron chi connectivity index (χ0n) is 17.8. The van der Waals surface area contributed by atoms with Crippen molar-refractivity contribution in [3.63, 3.8) is 0 Å². The molecule has 6 nitrogen and oxygen atoms in total. The first-order valence-corrected chi connectivity index (χ1v) is 11.0. The Bertz CT molecular complexity index is 531. The molecule has 1 fully saturated rings. The van der Waals surface area contributed by atoms with Gasteiger partial charge in [-0.05, 0) is 25.3 Å². The first kappa shape index (κ1) is 25.8. The maximum absolute atomic E-state index is 12.3. The molecule has 168 valence electrons. The third-order valence-corrected chi connectivity index (χ3v) is 6.03. The maximum Gasteiger partial charge on any atom is 0.139 e. The lowest BCUT2D eigenvalue weighted by Gasteiger charge is -2.25. The number of rotatable bonds is 15. The van der Waals surface area contributed by atoms with E-state index in [4.69, 9.17) is 5.11 Å². The lowest BCUT2D eigenvalue weighted by Crippen LogP contribution is -2.26. The number of aliphatic hydroxyl groups excluding tert-OH is 4. The molecule has 0 aromatic heterocycles. The number of hydrogen-bond acceptors (Lipinski definition) is 6. The SMILES string of the molecule is C=CC(O)(CC=C(O)[C@H]1[C@H](O)CC(=O)[C@@H]1CCCCCCC(O)CO)CCCC. The Balaban J connectivity index is 2.60. The van der Waals surface area contributed by atoms with Crippen LogP contribution in [-0.2, 0) is 4.79 Å². The van der Waals surface area contributed by atoms with Crippen LogP contribution in [0.15, 0.2) is 24.5 Å². The minimum Gasteiger partial charge on any atom is -0.512 e. The van der Waals surface area contributed by atoms with Crippen LogP contribution in [0.25, 0.3) is 0 Å². The Labute approximate surface area is 175 Å².